The number of hydrogen-bond donors (Lipinski definition) is 3. The molecule has 1 aromatic heterocycles. The zero-order valence-corrected chi connectivity index (χ0v) is 15.5. The summed E-state index contributed by atoms with van der Waals surface area (Å²) in [4.78, 5) is 37.8. The predicted molar refractivity (Wildman–Crippen MR) is 106 cm³/mol. The molecule has 2 aromatic carbocycles. The summed E-state index contributed by atoms with van der Waals surface area (Å²) in [5, 5.41) is 33.4. The molecule has 9 nitrogen and oxygen atoms in total. The second kappa shape index (κ2) is 8.11. The first-order valence-electron chi connectivity index (χ1n) is 8.31. The third kappa shape index (κ3) is 4.58. The molecule has 148 valence electrons. The maximum Gasteiger partial charge on any atom is 0.339 e. The molecule has 0 unspecified atom stereocenters. The third-order valence-corrected chi connectivity index (χ3v) is 4.44. The number of halogens is 1. The number of pyridine rings is 1. The minimum Gasteiger partial charge on any atom is -0.480 e. The highest BCUT2D eigenvalue weighted by molar-refractivity contribution is 6.31. The van der Waals surface area contributed by atoms with Crippen molar-refractivity contribution in [2.75, 3.05) is 5.32 Å². The second-order valence-corrected chi connectivity index (χ2v) is 6.63. The van der Waals surface area contributed by atoms with Gasteiger partial charge >= 0.3 is 11.9 Å². The van der Waals surface area contributed by atoms with Gasteiger partial charge in [-0.05, 0) is 29.8 Å². The van der Waals surface area contributed by atoms with E-state index in [0.29, 0.717) is 21.5 Å². The third-order valence-electron chi connectivity index (χ3n) is 4.20. The summed E-state index contributed by atoms with van der Waals surface area (Å²) in [6, 6.07) is 10.4. The molecule has 0 saturated heterocycles. The van der Waals surface area contributed by atoms with Crippen molar-refractivity contribution in [2.24, 2.45) is 0 Å². The molecule has 3 aromatic rings. The molecule has 0 bridgehead atoms. The minimum atomic E-state index is -1.28. The molecule has 29 heavy (non-hydrogen) atoms. The Labute approximate surface area is 168 Å². The van der Waals surface area contributed by atoms with Crippen LogP contribution < -0.4 is 5.32 Å². The number of aliphatic carboxylic acids is 1. The summed E-state index contributed by atoms with van der Waals surface area (Å²) in [6.07, 6.45) is -0.0350. The van der Waals surface area contributed by atoms with Gasteiger partial charge in [0.05, 0.1) is 10.4 Å². The van der Waals surface area contributed by atoms with Crippen LogP contribution >= 0.6 is 11.6 Å². The molecular weight excluding hydrogens is 402 g/mol. The summed E-state index contributed by atoms with van der Waals surface area (Å²) in [5.74, 6) is -2.60. The number of nitrogens with zero attached hydrogens (tertiary/aromatic N) is 2. The smallest absolute Gasteiger partial charge is 0.339 e. The van der Waals surface area contributed by atoms with E-state index in [1.807, 2.05) is 0 Å². The van der Waals surface area contributed by atoms with Gasteiger partial charge < -0.3 is 15.5 Å². The Morgan fingerprint density at radius 2 is 1.83 bits per heavy atom. The Morgan fingerprint density at radius 1 is 1.14 bits per heavy atom. The molecule has 0 radical (unpaired) electrons. The van der Waals surface area contributed by atoms with E-state index in [2.05, 4.69) is 10.3 Å². The average molecular weight is 416 g/mol. The highest BCUT2D eigenvalue weighted by Crippen LogP contribution is 2.25. The molecule has 0 spiro atoms. The Balaban J connectivity index is 1.93. The van der Waals surface area contributed by atoms with Crippen LogP contribution in [0, 0.1) is 10.1 Å². The molecule has 10 heteroatoms. The molecule has 0 fully saturated rings. The molecule has 0 amide bonds. The van der Waals surface area contributed by atoms with Crippen molar-refractivity contribution in [1.82, 2.24) is 4.98 Å². The molecule has 1 heterocycles. The van der Waals surface area contributed by atoms with E-state index >= 15 is 0 Å². The predicted octanol–water partition coefficient (Wildman–Crippen LogP) is 3.60. The van der Waals surface area contributed by atoms with Crippen LogP contribution in [0.5, 0.6) is 0 Å². The van der Waals surface area contributed by atoms with E-state index in [9.17, 15) is 29.9 Å². The van der Waals surface area contributed by atoms with Crippen molar-refractivity contribution in [3.05, 3.63) is 74.8 Å². The van der Waals surface area contributed by atoms with E-state index in [1.165, 1.54) is 30.3 Å². The van der Waals surface area contributed by atoms with Crippen LogP contribution in [0.4, 0.5) is 11.5 Å². The molecular formula is C19H14ClN3O6. The SMILES string of the molecule is O=C(O)c1cc2cc(Cl)ccc2nc1N[C@@H](Cc1ccc([N+](=O)[O-])cc1)C(=O)O. The summed E-state index contributed by atoms with van der Waals surface area (Å²) in [6.45, 7) is 0. The van der Waals surface area contributed by atoms with Gasteiger partial charge in [-0.1, -0.05) is 23.7 Å². The second-order valence-electron chi connectivity index (χ2n) is 6.19. The Bertz CT molecular complexity index is 1120. The average Bonchev–Trinajstić information content (AvgIpc) is 2.67. The van der Waals surface area contributed by atoms with Crippen molar-refractivity contribution >= 4 is 45.9 Å². The molecule has 0 aliphatic rings. The summed E-state index contributed by atoms with van der Waals surface area (Å²) in [7, 11) is 0. The van der Waals surface area contributed by atoms with E-state index in [0.717, 1.165) is 0 Å². The van der Waals surface area contributed by atoms with Crippen LogP contribution in [-0.2, 0) is 11.2 Å². The maximum atomic E-state index is 11.7. The fourth-order valence-electron chi connectivity index (χ4n) is 2.77. The number of rotatable bonds is 7. The van der Waals surface area contributed by atoms with Crippen molar-refractivity contribution in [3.8, 4) is 0 Å². The molecule has 1 atom stereocenters. The largest absolute Gasteiger partial charge is 0.480 e. The number of nitro benzene ring substituents is 1. The van der Waals surface area contributed by atoms with Gasteiger partial charge in [-0.2, -0.15) is 0 Å². The van der Waals surface area contributed by atoms with Gasteiger partial charge in [0, 0.05) is 29.0 Å². The summed E-state index contributed by atoms with van der Waals surface area (Å²) >= 11 is 5.93. The van der Waals surface area contributed by atoms with E-state index < -0.39 is 22.9 Å². The fourth-order valence-corrected chi connectivity index (χ4v) is 2.96. The topological polar surface area (TPSA) is 143 Å². The summed E-state index contributed by atoms with van der Waals surface area (Å²) in [5.41, 5.74) is 0.660. The lowest BCUT2D eigenvalue weighted by molar-refractivity contribution is -0.384. The highest BCUT2D eigenvalue weighted by atomic mass is 35.5. The standard InChI is InChI=1S/C19H14ClN3O6/c20-12-3-6-15-11(8-12)9-14(18(24)25)17(21-15)22-16(19(26)27)7-10-1-4-13(5-2-10)23(28)29/h1-6,8-9,16H,7H2,(H,21,22)(H,24,25)(H,26,27)/t16-/m0/s1. The van der Waals surface area contributed by atoms with Crippen LogP contribution in [0.3, 0.4) is 0 Å². The Hall–Kier alpha value is -3.72. The number of fused-ring (bicyclic) bond motifs is 1. The molecule has 3 N–H and O–H groups in total. The van der Waals surface area contributed by atoms with Gasteiger partial charge in [0.2, 0.25) is 0 Å². The molecule has 0 saturated carbocycles. The van der Waals surface area contributed by atoms with E-state index in [4.69, 9.17) is 11.6 Å². The van der Waals surface area contributed by atoms with Crippen LogP contribution in [0.15, 0.2) is 48.5 Å². The number of carboxylic acids is 2. The van der Waals surface area contributed by atoms with Gasteiger partial charge in [0.15, 0.2) is 0 Å². The van der Waals surface area contributed by atoms with Crippen molar-refractivity contribution in [3.63, 3.8) is 0 Å². The first kappa shape index (κ1) is 20.0. The molecule has 0 aliphatic heterocycles. The number of nitro groups is 1. The number of carbonyl (C=O) groups is 2. The number of aromatic nitrogens is 1. The fraction of sp³-hybridized carbons (Fsp3) is 0.105. The van der Waals surface area contributed by atoms with Crippen LogP contribution in [-0.4, -0.2) is 38.1 Å². The number of benzene rings is 2. The van der Waals surface area contributed by atoms with Gasteiger partial charge in [-0.25, -0.2) is 14.6 Å². The van der Waals surface area contributed by atoms with Gasteiger partial charge in [-0.15, -0.1) is 0 Å². The normalized spacial score (nSPS) is 11.8. The number of carboxylic acid groups (broad SMARTS) is 2. The zero-order chi connectivity index (χ0) is 21.1. The Kier molecular flexibility index (Phi) is 5.60. The first-order chi connectivity index (χ1) is 13.7. The highest BCUT2D eigenvalue weighted by Gasteiger charge is 2.23. The number of aromatic carboxylic acids is 1. The van der Waals surface area contributed by atoms with Crippen LogP contribution in [0.25, 0.3) is 10.9 Å². The van der Waals surface area contributed by atoms with Gasteiger partial charge in [0.25, 0.3) is 5.69 Å². The monoisotopic (exact) mass is 415 g/mol. The Morgan fingerprint density at radius 3 is 2.41 bits per heavy atom. The van der Waals surface area contributed by atoms with Crippen LogP contribution in [0.1, 0.15) is 15.9 Å². The van der Waals surface area contributed by atoms with Crippen molar-refractivity contribution in [1.29, 1.82) is 0 Å². The van der Waals surface area contributed by atoms with Crippen molar-refractivity contribution < 1.29 is 24.7 Å². The number of non-ortho nitro benzene ring substituents is 1. The van der Waals surface area contributed by atoms with Gasteiger partial charge in [0.1, 0.15) is 17.4 Å². The number of hydrogen-bond acceptors (Lipinski definition) is 6. The zero-order valence-electron chi connectivity index (χ0n) is 14.7. The summed E-state index contributed by atoms with van der Waals surface area (Å²) < 4.78 is 0. The number of anilines is 1. The lowest BCUT2D eigenvalue weighted by atomic mass is 10.0. The molecule has 0 aliphatic carbocycles. The van der Waals surface area contributed by atoms with Gasteiger partial charge in [-0.3, -0.25) is 10.1 Å². The first-order valence-corrected chi connectivity index (χ1v) is 8.68. The van der Waals surface area contributed by atoms with Crippen LogP contribution in [0.2, 0.25) is 5.02 Å². The lowest BCUT2D eigenvalue weighted by Gasteiger charge is -2.17. The quantitative estimate of drug-likeness (QED) is 0.392. The maximum absolute atomic E-state index is 11.7. The van der Waals surface area contributed by atoms with E-state index in [-0.39, 0.29) is 23.5 Å². The minimum absolute atomic E-state index is 0.0350. The van der Waals surface area contributed by atoms with Crippen molar-refractivity contribution in [2.45, 2.75) is 12.5 Å². The lowest BCUT2D eigenvalue weighted by Crippen LogP contribution is -2.32. The molecule has 3 rings (SSSR count). The number of nitrogens with one attached hydrogen (secondary N) is 1. The van der Waals surface area contributed by atoms with E-state index in [1.54, 1.807) is 18.2 Å².